The molecule has 0 saturated carbocycles. The van der Waals surface area contributed by atoms with E-state index in [1.807, 2.05) is 18.2 Å². The molecule has 1 saturated heterocycles. The van der Waals surface area contributed by atoms with Crippen molar-refractivity contribution in [2.75, 3.05) is 51.3 Å². The number of allylic oxidation sites excluding steroid dienone is 1. The molecule has 1 N–H and O–H groups in total. The molecule has 1 heterocycles. The maximum atomic E-state index is 14.1. The number of carbonyl (C=O) groups is 1. The Balaban J connectivity index is 1.74. The fourth-order valence-electron chi connectivity index (χ4n) is 3.34. The van der Waals surface area contributed by atoms with Gasteiger partial charge in [0.15, 0.2) is 5.78 Å². The highest BCUT2D eigenvalue weighted by Crippen LogP contribution is 2.23. The minimum absolute atomic E-state index is 0.155. The van der Waals surface area contributed by atoms with Crippen LogP contribution in [0.5, 0.6) is 5.75 Å². The number of para-hydroxylation sites is 1. The Hall–Kier alpha value is -2.70. The van der Waals surface area contributed by atoms with Crippen molar-refractivity contribution in [1.82, 2.24) is 4.90 Å². The van der Waals surface area contributed by atoms with Crippen molar-refractivity contribution in [3.63, 3.8) is 0 Å². The Morgan fingerprint density at radius 2 is 1.93 bits per heavy atom. The molecule has 1 fully saturated rings. The van der Waals surface area contributed by atoms with E-state index in [1.165, 1.54) is 25.3 Å². The van der Waals surface area contributed by atoms with Gasteiger partial charge in [-0.1, -0.05) is 12.1 Å². The van der Waals surface area contributed by atoms with Gasteiger partial charge in [-0.2, -0.15) is 0 Å². The van der Waals surface area contributed by atoms with Crippen LogP contribution in [0.15, 0.2) is 48.5 Å². The number of methoxy groups -OCH3 is 1. The maximum Gasteiger partial charge on any atom is 0.187 e. The predicted octanol–water partition coefficient (Wildman–Crippen LogP) is 2.84. The lowest BCUT2D eigenvalue weighted by atomic mass is 10.0. The Labute approximate surface area is 164 Å². The van der Waals surface area contributed by atoms with Crippen molar-refractivity contribution in [3.05, 3.63) is 65.5 Å². The molecule has 148 valence electrons. The summed E-state index contributed by atoms with van der Waals surface area (Å²) in [5, 5.41) is 9.08. The number of ketones is 1. The van der Waals surface area contributed by atoms with Gasteiger partial charge in [0.25, 0.3) is 0 Å². The fourth-order valence-corrected chi connectivity index (χ4v) is 3.34. The van der Waals surface area contributed by atoms with Crippen LogP contribution in [0.4, 0.5) is 10.1 Å². The van der Waals surface area contributed by atoms with Gasteiger partial charge in [0, 0.05) is 55.6 Å². The van der Waals surface area contributed by atoms with Crippen molar-refractivity contribution < 1.29 is 19.0 Å². The topological polar surface area (TPSA) is 53.0 Å². The van der Waals surface area contributed by atoms with Crippen molar-refractivity contribution in [3.8, 4) is 5.75 Å². The molecule has 6 heteroatoms. The highest BCUT2D eigenvalue weighted by atomic mass is 19.1. The molecule has 2 aromatic rings. The van der Waals surface area contributed by atoms with Crippen LogP contribution in [-0.2, 0) is 0 Å². The molecule has 0 spiro atoms. The monoisotopic (exact) mass is 384 g/mol. The molecule has 3 rings (SSSR count). The summed E-state index contributed by atoms with van der Waals surface area (Å²) in [5.74, 6) is -0.160. The number of β-amino-alcohol motifs (C(OH)–C–C–N with tert-alkyl or cyclic N) is 1. The Bertz CT molecular complexity index is 845. The van der Waals surface area contributed by atoms with Crippen molar-refractivity contribution >= 4 is 17.5 Å². The molecule has 5 nitrogen and oxygen atoms in total. The Kier molecular flexibility index (Phi) is 6.79. The van der Waals surface area contributed by atoms with Gasteiger partial charge in [0.05, 0.1) is 13.7 Å². The Morgan fingerprint density at radius 1 is 1.18 bits per heavy atom. The van der Waals surface area contributed by atoms with Gasteiger partial charge in [-0.15, -0.1) is 0 Å². The molecule has 28 heavy (non-hydrogen) atoms. The van der Waals surface area contributed by atoms with Gasteiger partial charge in [0.1, 0.15) is 11.6 Å². The van der Waals surface area contributed by atoms with Gasteiger partial charge < -0.3 is 14.7 Å². The number of carbonyl (C=O) groups excluding carboxylic acids is 1. The third-order valence-corrected chi connectivity index (χ3v) is 4.92. The first kappa shape index (κ1) is 20.0. The summed E-state index contributed by atoms with van der Waals surface area (Å²) in [4.78, 5) is 17.2. The minimum atomic E-state index is -0.434. The second-order valence-corrected chi connectivity index (χ2v) is 6.65. The lowest BCUT2D eigenvalue weighted by molar-refractivity contribution is 0.104. The SMILES string of the molecule is COc1ccc(/C=C/C(=O)c2ccccc2N2CCN(CCO)CC2)c(F)c1. The molecule has 0 aliphatic carbocycles. The third-order valence-electron chi connectivity index (χ3n) is 4.92. The van der Waals surface area contributed by atoms with Gasteiger partial charge in [-0.05, 0) is 36.4 Å². The molecule has 0 radical (unpaired) electrons. The van der Waals surface area contributed by atoms with E-state index >= 15 is 0 Å². The first-order chi connectivity index (χ1) is 13.6. The van der Waals surface area contributed by atoms with E-state index in [-0.39, 0.29) is 12.4 Å². The number of hydrogen-bond acceptors (Lipinski definition) is 5. The smallest absolute Gasteiger partial charge is 0.187 e. The zero-order valence-electron chi connectivity index (χ0n) is 16.0. The summed E-state index contributed by atoms with van der Waals surface area (Å²) in [7, 11) is 1.48. The van der Waals surface area contributed by atoms with Crippen LogP contribution in [0.25, 0.3) is 6.08 Å². The molecule has 0 unspecified atom stereocenters. The molecular weight excluding hydrogens is 359 g/mol. The van der Waals surface area contributed by atoms with Crippen LogP contribution in [0.3, 0.4) is 0 Å². The number of aliphatic hydroxyl groups excluding tert-OH is 1. The van der Waals surface area contributed by atoms with E-state index in [2.05, 4.69) is 9.80 Å². The van der Waals surface area contributed by atoms with Crippen LogP contribution in [0.2, 0.25) is 0 Å². The van der Waals surface area contributed by atoms with E-state index in [0.717, 1.165) is 31.9 Å². The minimum Gasteiger partial charge on any atom is -0.497 e. The van der Waals surface area contributed by atoms with Crippen LogP contribution >= 0.6 is 0 Å². The number of piperazine rings is 1. The first-order valence-corrected chi connectivity index (χ1v) is 9.35. The summed E-state index contributed by atoms with van der Waals surface area (Å²) in [6.07, 6.45) is 2.90. The van der Waals surface area contributed by atoms with Crippen molar-refractivity contribution in [2.45, 2.75) is 0 Å². The van der Waals surface area contributed by atoms with E-state index in [1.54, 1.807) is 18.2 Å². The molecular formula is C22H25FN2O3. The van der Waals surface area contributed by atoms with Gasteiger partial charge >= 0.3 is 0 Å². The van der Waals surface area contributed by atoms with Crippen molar-refractivity contribution in [2.24, 2.45) is 0 Å². The first-order valence-electron chi connectivity index (χ1n) is 9.35. The zero-order valence-corrected chi connectivity index (χ0v) is 16.0. The predicted molar refractivity (Wildman–Crippen MR) is 108 cm³/mol. The zero-order chi connectivity index (χ0) is 19.9. The van der Waals surface area contributed by atoms with Gasteiger partial charge in [-0.3, -0.25) is 9.69 Å². The van der Waals surface area contributed by atoms with Gasteiger partial charge in [0.2, 0.25) is 0 Å². The lowest BCUT2D eigenvalue weighted by Crippen LogP contribution is -2.47. The standard InChI is InChI=1S/C22H25FN2O3/c1-28-18-8-6-17(20(23)16-18)7-9-22(27)19-4-2-3-5-21(19)25-12-10-24(11-13-25)14-15-26/h2-9,16,26H,10-15H2,1H3/b9-7+. The maximum absolute atomic E-state index is 14.1. The number of anilines is 1. The molecule has 0 bridgehead atoms. The fraction of sp³-hybridized carbons (Fsp3) is 0.318. The van der Waals surface area contributed by atoms with Crippen LogP contribution in [-0.4, -0.2) is 62.2 Å². The van der Waals surface area contributed by atoms with E-state index in [9.17, 15) is 9.18 Å². The largest absolute Gasteiger partial charge is 0.497 e. The lowest BCUT2D eigenvalue weighted by Gasteiger charge is -2.36. The average molecular weight is 384 g/mol. The van der Waals surface area contributed by atoms with E-state index in [4.69, 9.17) is 9.84 Å². The quantitative estimate of drug-likeness (QED) is 0.588. The number of nitrogens with zero attached hydrogens (tertiary/aromatic N) is 2. The average Bonchev–Trinajstić information content (AvgIpc) is 2.73. The summed E-state index contributed by atoms with van der Waals surface area (Å²) < 4.78 is 19.1. The molecule has 0 atom stereocenters. The molecule has 1 aliphatic heterocycles. The normalized spacial score (nSPS) is 15.2. The van der Waals surface area contributed by atoms with Crippen molar-refractivity contribution in [1.29, 1.82) is 0 Å². The number of benzene rings is 2. The van der Waals surface area contributed by atoms with Crippen LogP contribution in [0.1, 0.15) is 15.9 Å². The summed E-state index contributed by atoms with van der Waals surface area (Å²) in [6, 6.07) is 12.0. The van der Waals surface area contributed by atoms with E-state index < -0.39 is 5.82 Å². The molecule has 0 aromatic heterocycles. The molecule has 1 aliphatic rings. The summed E-state index contributed by atoms with van der Waals surface area (Å²) >= 11 is 0. The second-order valence-electron chi connectivity index (χ2n) is 6.65. The Morgan fingerprint density at radius 3 is 2.61 bits per heavy atom. The third kappa shape index (κ3) is 4.77. The number of aliphatic hydroxyl groups is 1. The number of hydrogen-bond donors (Lipinski definition) is 1. The van der Waals surface area contributed by atoms with Crippen LogP contribution in [0, 0.1) is 5.82 Å². The summed E-state index contributed by atoms with van der Waals surface area (Å²) in [5.41, 5.74) is 1.82. The van der Waals surface area contributed by atoms with E-state index in [0.29, 0.717) is 23.4 Å². The summed E-state index contributed by atoms with van der Waals surface area (Å²) in [6.45, 7) is 4.10. The molecule has 0 amide bonds. The van der Waals surface area contributed by atoms with Gasteiger partial charge in [-0.25, -0.2) is 4.39 Å². The second kappa shape index (κ2) is 9.48. The van der Waals surface area contributed by atoms with Crippen LogP contribution < -0.4 is 9.64 Å². The number of halogens is 1. The number of ether oxygens (including phenoxy) is 1. The molecule has 2 aromatic carbocycles. The highest BCUT2D eigenvalue weighted by molar-refractivity contribution is 6.10. The number of rotatable bonds is 7. The highest BCUT2D eigenvalue weighted by Gasteiger charge is 2.20.